The first-order valence-corrected chi connectivity index (χ1v) is 9.23. The zero-order valence-electron chi connectivity index (χ0n) is 14.9. The Morgan fingerprint density at radius 3 is 2.86 bits per heavy atom. The van der Waals surface area contributed by atoms with Crippen LogP contribution in [0.15, 0.2) is 80.4 Å². The molecule has 0 fully saturated rings. The van der Waals surface area contributed by atoms with Crippen LogP contribution in [0.4, 0.5) is 0 Å². The number of hydrogen-bond acceptors (Lipinski definition) is 6. The summed E-state index contributed by atoms with van der Waals surface area (Å²) in [6.07, 6.45) is 1.44. The van der Waals surface area contributed by atoms with Gasteiger partial charge in [0.1, 0.15) is 11.5 Å². The van der Waals surface area contributed by atoms with Gasteiger partial charge in [-0.05, 0) is 48.2 Å². The molecule has 28 heavy (non-hydrogen) atoms. The van der Waals surface area contributed by atoms with E-state index in [2.05, 4.69) is 20.5 Å². The molecule has 0 atom stereocenters. The fourth-order valence-corrected chi connectivity index (χ4v) is 3.35. The van der Waals surface area contributed by atoms with Crippen LogP contribution in [0.25, 0.3) is 11.0 Å². The fraction of sp³-hybridized carbons (Fsp3) is 0.0500. The average molecular weight is 392 g/mol. The zero-order valence-corrected chi connectivity index (χ0v) is 15.7. The largest absolute Gasteiger partial charge is 0.496 e. The number of furan rings is 1. The lowest BCUT2D eigenvalue weighted by Crippen LogP contribution is -2.18. The van der Waals surface area contributed by atoms with E-state index in [9.17, 15) is 4.79 Å². The monoisotopic (exact) mass is 392 g/mol. The number of fused-ring (bicyclic) bond motifs is 1. The first-order chi connectivity index (χ1) is 13.7. The Labute approximate surface area is 164 Å². The van der Waals surface area contributed by atoms with Crippen LogP contribution in [0, 0.1) is 0 Å². The smallest absolute Gasteiger partial charge is 0.275 e. The van der Waals surface area contributed by atoms with E-state index < -0.39 is 0 Å². The molecule has 140 valence electrons. The van der Waals surface area contributed by atoms with Crippen LogP contribution in [0.3, 0.4) is 0 Å². The summed E-state index contributed by atoms with van der Waals surface area (Å²) < 4.78 is 10.9. The summed E-state index contributed by atoms with van der Waals surface area (Å²) in [6, 6.07) is 18.3. The number of hydrazone groups is 1. The summed E-state index contributed by atoms with van der Waals surface area (Å²) >= 11 is 1.38. The molecule has 4 rings (SSSR count). The van der Waals surface area contributed by atoms with Crippen LogP contribution in [-0.4, -0.2) is 29.2 Å². The Balaban J connectivity index is 1.39. The molecule has 2 aromatic heterocycles. The number of carbonyl (C=O) groups is 1. The maximum atomic E-state index is 12.2. The molecule has 2 heterocycles. The van der Waals surface area contributed by atoms with Crippen molar-refractivity contribution >= 4 is 34.9 Å². The fourth-order valence-electron chi connectivity index (χ4n) is 2.58. The van der Waals surface area contributed by atoms with Crippen LogP contribution in [0.1, 0.15) is 16.1 Å². The van der Waals surface area contributed by atoms with Gasteiger partial charge >= 0.3 is 0 Å². The highest BCUT2D eigenvalue weighted by Crippen LogP contribution is 2.28. The van der Waals surface area contributed by atoms with E-state index in [0.717, 1.165) is 16.2 Å². The molecule has 8 heteroatoms. The average Bonchev–Trinajstić information content (AvgIpc) is 3.34. The SMILES string of the molecule is COc1ccccc1C(=O)N/N=C/c1ccc(Sc2nc3ccccc3[nH]2)o1. The number of aromatic amines is 1. The van der Waals surface area contributed by atoms with Crippen molar-refractivity contribution in [3.63, 3.8) is 0 Å². The third kappa shape index (κ3) is 3.91. The van der Waals surface area contributed by atoms with Gasteiger partial charge in [-0.1, -0.05) is 24.3 Å². The van der Waals surface area contributed by atoms with Crippen LogP contribution in [0.5, 0.6) is 5.75 Å². The highest BCUT2D eigenvalue weighted by molar-refractivity contribution is 7.99. The van der Waals surface area contributed by atoms with Crippen molar-refractivity contribution in [1.82, 2.24) is 15.4 Å². The van der Waals surface area contributed by atoms with Crippen LogP contribution >= 0.6 is 11.8 Å². The minimum Gasteiger partial charge on any atom is -0.496 e. The van der Waals surface area contributed by atoms with Gasteiger partial charge in [0.2, 0.25) is 0 Å². The summed E-state index contributed by atoms with van der Waals surface area (Å²) in [7, 11) is 1.51. The number of aromatic nitrogens is 2. The van der Waals surface area contributed by atoms with Crippen molar-refractivity contribution in [1.29, 1.82) is 0 Å². The molecule has 0 radical (unpaired) electrons. The molecule has 0 aliphatic heterocycles. The number of ether oxygens (including phenoxy) is 1. The van der Waals surface area contributed by atoms with E-state index in [4.69, 9.17) is 9.15 Å². The van der Waals surface area contributed by atoms with Crippen molar-refractivity contribution in [3.05, 3.63) is 72.0 Å². The van der Waals surface area contributed by atoms with Gasteiger partial charge in [-0.25, -0.2) is 10.4 Å². The number of methoxy groups -OCH3 is 1. The lowest BCUT2D eigenvalue weighted by Gasteiger charge is -2.05. The lowest BCUT2D eigenvalue weighted by atomic mass is 10.2. The Morgan fingerprint density at radius 1 is 1.18 bits per heavy atom. The molecular weight excluding hydrogens is 376 g/mol. The summed E-state index contributed by atoms with van der Waals surface area (Å²) in [5.41, 5.74) is 4.74. The predicted octanol–water partition coefficient (Wildman–Crippen LogP) is 4.08. The Kier molecular flexibility index (Phi) is 5.11. The van der Waals surface area contributed by atoms with Gasteiger partial charge in [0.25, 0.3) is 5.91 Å². The van der Waals surface area contributed by atoms with Crippen LogP contribution < -0.4 is 10.2 Å². The lowest BCUT2D eigenvalue weighted by molar-refractivity contribution is 0.0952. The number of rotatable bonds is 6. The van der Waals surface area contributed by atoms with Gasteiger partial charge in [-0.2, -0.15) is 5.10 Å². The van der Waals surface area contributed by atoms with Crippen molar-refractivity contribution in [2.45, 2.75) is 10.2 Å². The number of hydrogen-bond donors (Lipinski definition) is 2. The third-order valence-corrected chi connectivity index (χ3v) is 4.68. The van der Waals surface area contributed by atoms with Gasteiger partial charge in [0.05, 0.1) is 29.9 Å². The Hall–Kier alpha value is -3.52. The first-order valence-electron chi connectivity index (χ1n) is 8.42. The minimum atomic E-state index is -0.364. The second-order valence-corrected chi connectivity index (χ2v) is 6.71. The van der Waals surface area contributed by atoms with Crippen molar-refractivity contribution < 1.29 is 13.9 Å². The highest BCUT2D eigenvalue weighted by atomic mass is 32.2. The molecule has 0 saturated heterocycles. The van der Waals surface area contributed by atoms with Crippen molar-refractivity contribution in [2.75, 3.05) is 7.11 Å². The summed E-state index contributed by atoms with van der Waals surface area (Å²) in [6.45, 7) is 0. The number of imidazole rings is 1. The van der Waals surface area contributed by atoms with Gasteiger partial charge in [0.15, 0.2) is 10.2 Å². The Bertz CT molecular complexity index is 1120. The van der Waals surface area contributed by atoms with Gasteiger partial charge in [-0.3, -0.25) is 4.79 Å². The van der Waals surface area contributed by atoms with E-state index in [-0.39, 0.29) is 5.91 Å². The van der Waals surface area contributed by atoms with E-state index >= 15 is 0 Å². The molecule has 7 nitrogen and oxygen atoms in total. The number of benzene rings is 2. The quantitative estimate of drug-likeness (QED) is 0.381. The number of amides is 1. The summed E-state index contributed by atoms with van der Waals surface area (Å²) in [5, 5.41) is 5.34. The standard InChI is InChI=1S/C20H16N4O3S/c1-26-17-9-5-2-6-14(17)19(25)24-21-12-13-10-11-18(27-13)28-20-22-15-7-3-4-8-16(15)23-20/h2-12H,1H3,(H,22,23)(H,24,25)/b21-12+. The number of nitrogens with zero attached hydrogens (tertiary/aromatic N) is 2. The first kappa shape index (κ1) is 17.9. The molecule has 0 spiro atoms. The summed E-state index contributed by atoms with van der Waals surface area (Å²) in [4.78, 5) is 19.9. The molecule has 1 amide bonds. The molecule has 0 aliphatic carbocycles. The third-order valence-electron chi connectivity index (χ3n) is 3.88. The highest BCUT2D eigenvalue weighted by Gasteiger charge is 2.10. The molecular formula is C20H16N4O3S. The number of nitrogens with one attached hydrogen (secondary N) is 2. The van der Waals surface area contributed by atoms with Crippen molar-refractivity contribution in [3.8, 4) is 5.75 Å². The van der Waals surface area contributed by atoms with Gasteiger partial charge in [-0.15, -0.1) is 0 Å². The molecule has 4 aromatic rings. The number of para-hydroxylation sites is 3. The Morgan fingerprint density at radius 2 is 2.00 bits per heavy atom. The molecule has 0 unspecified atom stereocenters. The normalized spacial score (nSPS) is 11.2. The maximum absolute atomic E-state index is 12.2. The molecule has 0 saturated carbocycles. The van der Waals surface area contributed by atoms with E-state index in [0.29, 0.717) is 22.2 Å². The predicted molar refractivity (Wildman–Crippen MR) is 107 cm³/mol. The zero-order chi connectivity index (χ0) is 19.3. The van der Waals surface area contributed by atoms with E-state index in [1.165, 1.54) is 25.1 Å². The van der Waals surface area contributed by atoms with Crippen LogP contribution in [0.2, 0.25) is 0 Å². The second kappa shape index (κ2) is 8.01. The molecule has 0 aliphatic rings. The summed E-state index contributed by atoms with van der Waals surface area (Å²) in [5.74, 6) is 0.633. The number of H-pyrrole nitrogens is 1. The van der Waals surface area contributed by atoms with Crippen molar-refractivity contribution in [2.24, 2.45) is 5.10 Å². The molecule has 2 aromatic carbocycles. The maximum Gasteiger partial charge on any atom is 0.275 e. The van der Waals surface area contributed by atoms with Gasteiger partial charge in [0, 0.05) is 0 Å². The van der Waals surface area contributed by atoms with Crippen LogP contribution in [-0.2, 0) is 0 Å². The number of carbonyl (C=O) groups excluding carboxylic acids is 1. The topological polar surface area (TPSA) is 92.5 Å². The van der Waals surface area contributed by atoms with Gasteiger partial charge < -0.3 is 14.1 Å². The second-order valence-electron chi connectivity index (χ2n) is 5.72. The molecule has 0 bridgehead atoms. The van der Waals surface area contributed by atoms with E-state index in [1.807, 2.05) is 30.3 Å². The molecule has 2 N–H and O–H groups in total. The minimum absolute atomic E-state index is 0.364. The van der Waals surface area contributed by atoms with E-state index in [1.54, 1.807) is 30.3 Å².